The lowest BCUT2D eigenvalue weighted by Crippen LogP contribution is -2.31. The highest BCUT2D eigenvalue weighted by Gasteiger charge is 2.28. The molecule has 168 valence electrons. The van der Waals surface area contributed by atoms with Gasteiger partial charge in [0.05, 0.1) is 18.3 Å². The van der Waals surface area contributed by atoms with E-state index in [-0.39, 0.29) is 24.7 Å². The molecule has 33 heavy (non-hydrogen) atoms. The molecule has 2 amide bonds. The van der Waals surface area contributed by atoms with Gasteiger partial charge in [-0.05, 0) is 23.3 Å². The van der Waals surface area contributed by atoms with E-state index in [2.05, 4.69) is 16.2 Å². The largest absolute Gasteiger partial charge is 0.489 e. The Balaban J connectivity index is 1.27. The summed E-state index contributed by atoms with van der Waals surface area (Å²) in [6, 6.07) is 16.3. The van der Waals surface area contributed by atoms with Gasteiger partial charge in [0, 0.05) is 13.0 Å². The molecule has 1 aliphatic rings. The van der Waals surface area contributed by atoms with Gasteiger partial charge in [-0.25, -0.2) is 4.79 Å². The standard InChI is InChI=1S/C25H23N3O4S/c1-2-22(27-24(29)23-14-26-17-33-23)19-8-10-20(11-9-19)32-21-12-13-28(15-21)25(30)31-16-18-6-4-3-5-7-18/h1,3-11,14,17,21-22H,12-13,15-16H2,(H,27,29). The van der Waals surface area contributed by atoms with Crippen molar-refractivity contribution >= 4 is 23.3 Å². The smallest absolute Gasteiger partial charge is 0.410 e. The predicted octanol–water partition coefficient (Wildman–Crippen LogP) is 4.04. The van der Waals surface area contributed by atoms with Gasteiger partial charge >= 0.3 is 6.09 Å². The van der Waals surface area contributed by atoms with Crippen LogP contribution >= 0.6 is 11.3 Å². The first-order chi connectivity index (χ1) is 16.1. The predicted molar refractivity (Wildman–Crippen MR) is 125 cm³/mol. The Hall–Kier alpha value is -3.83. The molecule has 0 saturated carbocycles. The lowest BCUT2D eigenvalue weighted by molar-refractivity contribution is 0.0948. The van der Waals surface area contributed by atoms with Crippen molar-refractivity contribution in [1.29, 1.82) is 0 Å². The van der Waals surface area contributed by atoms with Gasteiger partial charge in [0.15, 0.2) is 0 Å². The first kappa shape index (κ1) is 22.4. The van der Waals surface area contributed by atoms with E-state index in [1.54, 1.807) is 10.4 Å². The minimum absolute atomic E-state index is 0.116. The molecule has 1 N–H and O–H groups in total. The third-order valence-corrected chi connectivity index (χ3v) is 5.99. The summed E-state index contributed by atoms with van der Waals surface area (Å²) < 4.78 is 11.4. The number of terminal acetylenes is 1. The number of carbonyl (C=O) groups excluding carboxylic acids is 2. The van der Waals surface area contributed by atoms with Crippen LogP contribution in [0.1, 0.15) is 33.3 Å². The lowest BCUT2D eigenvalue weighted by atomic mass is 10.1. The Morgan fingerprint density at radius 1 is 1.21 bits per heavy atom. The average molecular weight is 462 g/mol. The van der Waals surface area contributed by atoms with E-state index in [0.29, 0.717) is 23.7 Å². The number of carbonyl (C=O) groups is 2. The van der Waals surface area contributed by atoms with Gasteiger partial charge in [0.25, 0.3) is 5.91 Å². The van der Waals surface area contributed by atoms with Crippen LogP contribution in [0, 0.1) is 12.3 Å². The second kappa shape index (κ2) is 10.7. The van der Waals surface area contributed by atoms with E-state index in [4.69, 9.17) is 15.9 Å². The van der Waals surface area contributed by atoms with Gasteiger partial charge in [-0.1, -0.05) is 48.4 Å². The lowest BCUT2D eigenvalue weighted by Gasteiger charge is -2.18. The summed E-state index contributed by atoms with van der Waals surface area (Å²) >= 11 is 1.25. The average Bonchev–Trinajstić information content (AvgIpc) is 3.55. The summed E-state index contributed by atoms with van der Waals surface area (Å²) in [5, 5.41) is 2.82. The third kappa shape index (κ3) is 5.90. The molecule has 3 aromatic rings. The molecule has 0 bridgehead atoms. The number of thiazole rings is 1. The van der Waals surface area contributed by atoms with Gasteiger partial charge in [-0.15, -0.1) is 17.8 Å². The number of nitrogens with zero attached hydrogens (tertiary/aromatic N) is 2. The van der Waals surface area contributed by atoms with Crippen molar-refractivity contribution in [3.8, 4) is 18.1 Å². The molecule has 2 atom stereocenters. The summed E-state index contributed by atoms with van der Waals surface area (Å²) in [5.74, 6) is 3.01. The first-order valence-electron chi connectivity index (χ1n) is 10.5. The van der Waals surface area contributed by atoms with Crippen molar-refractivity contribution in [2.45, 2.75) is 25.2 Å². The van der Waals surface area contributed by atoms with E-state index >= 15 is 0 Å². The fourth-order valence-corrected chi connectivity index (χ4v) is 4.01. The number of likely N-dealkylation sites (tertiary alicyclic amines) is 1. The number of aromatic nitrogens is 1. The van der Waals surface area contributed by atoms with E-state index in [1.807, 2.05) is 54.6 Å². The third-order valence-electron chi connectivity index (χ3n) is 5.22. The van der Waals surface area contributed by atoms with Crippen LogP contribution in [-0.2, 0) is 11.3 Å². The van der Waals surface area contributed by atoms with Crippen LogP contribution in [0.4, 0.5) is 4.79 Å². The molecular weight excluding hydrogens is 438 g/mol. The number of amides is 2. The van der Waals surface area contributed by atoms with Gasteiger partial charge in [0.2, 0.25) is 0 Å². The maximum Gasteiger partial charge on any atom is 0.410 e. The fraction of sp³-hybridized carbons (Fsp3) is 0.240. The van der Waals surface area contributed by atoms with Crippen molar-refractivity contribution in [3.05, 3.63) is 82.3 Å². The molecule has 0 spiro atoms. The Labute approximate surface area is 196 Å². The first-order valence-corrected chi connectivity index (χ1v) is 11.4. The molecule has 0 radical (unpaired) electrons. The van der Waals surface area contributed by atoms with Crippen molar-refractivity contribution in [2.24, 2.45) is 0 Å². The summed E-state index contributed by atoms with van der Waals surface area (Å²) in [4.78, 5) is 30.7. The normalized spacial score (nSPS) is 16.0. The van der Waals surface area contributed by atoms with Crippen LogP contribution in [-0.4, -0.2) is 41.1 Å². The van der Waals surface area contributed by atoms with E-state index < -0.39 is 6.04 Å². The number of hydrogen-bond acceptors (Lipinski definition) is 6. The molecule has 1 fully saturated rings. The summed E-state index contributed by atoms with van der Waals surface area (Å²) in [5.41, 5.74) is 3.32. The monoisotopic (exact) mass is 461 g/mol. The summed E-state index contributed by atoms with van der Waals surface area (Å²) in [6.45, 7) is 1.30. The minimum atomic E-state index is -0.560. The van der Waals surface area contributed by atoms with Gasteiger partial charge < -0.3 is 19.7 Å². The summed E-state index contributed by atoms with van der Waals surface area (Å²) in [6.07, 6.45) is 7.40. The number of rotatable bonds is 7. The number of hydrogen-bond donors (Lipinski definition) is 1. The highest BCUT2D eigenvalue weighted by molar-refractivity contribution is 7.11. The molecule has 1 aromatic heterocycles. The molecule has 2 heterocycles. The maximum atomic E-state index is 12.3. The number of ether oxygens (including phenoxy) is 2. The van der Waals surface area contributed by atoms with Gasteiger partial charge in [0.1, 0.15) is 29.4 Å². The molecule has 1 aliphatic heterocycles. The number of nitrogens with one attached hydrogen (secondary N) is 1. The molecule has 2 aromatic carbocycles. The molecule has 2 unspecified atom stereocenters. The molecule has 7 nitrogen and oxygen atoms in total. The minimum Gasteiger partial charge on any atom is -0.489 e. The highest BCUT2D eigenvalue weighted by Crippen LogP contribution is 2.22. The van der Waals surface area contributed by atoms with Crippen LogP contribution in [0.3, 0.4) is 0 Å². The van der Waals surface area contributed by atoms with E-state index in [9.17, 15) is 9.59 Å². The van der Waals surface area contributed by atoms with Crippen LogP contribution in [0.25, 0.3) is 0 Å². The van der Waals surface area contributed by atoms with Crippen molar-refractivity contribution in [3.63, 3.8) is 0 Å². The van der Waals surface area contributed by atoms with Gasteiger partial charge in [-0.3, -0.25) is 9.78 Å². The van der Waals surface area contributed by atoms with Crippen molar-refractivity contribution in [1.82, 2.24) is 15.2 Å². The van der Waals surface area contributed by atoms with Crippen LogP contribution in [0.2, 0.25) is 0 Å². The topological polar surface area (TPSA) is 80.8 Å². The Kier molecular flexibility index (Phi) is 7.22. The van der Waals surface area contributed by atoms with Crippen LogP contribution in [0.15, 0.2) is 66.3 Å². The molecule has 8 heteroatoms. The van der Waals surface area contributed by atoms with Crippen molar-refractivity contribution < 1.29 is 19.1 Å². The SMILES string of the molecule is C#CC(NC(=O)c1cncs1)c1ccc(OC2CCN(C(=O)OCc3ccccc3)C2)cc1. The summed E-state index contributed by atoms with van der Waals surface area (Å²) in [7, 11) is 0. The quantitative estimate of drug-likeness (QED) is 0.537. The molecule has 4 rings (SSSR count). The zero-order valence-corrected chi connectivity index (χ0v) is 18.7. The van der Waals surface area contributed by atoms with E-state index in [0.717, 1.165) is 17.5 Å². The second-order valence-electron chi connectivity index (χ2n) is 7.52. The maximum absolute atomic E-state index is 12.3. The highest BCUT2D eigenvalue weighted by atomic mass is 32.1. The zero-order chi connectivity index (χ0) is 23.0. The Morgan fingerprint density at radius 2 is 2.00 bits per heavy atom. The molecule has 1 saturated heterocycles. The Morgan fingerprint density at radius 3 is 2.70 bits per heavy atom. The second-order valence-corrected chi connectivity index (χ2v) is 8.41. The molecule has 0 aliphatic carbocycles. The fourth-order valence-electron chi connectivity index (χ4n) is 3.48. The number of benzene rings is 2. The Bertz CT molecular complexity index is 1110. The molecular formula is C25H23N3O4S. The zero-order valence-electron chi connectivity index (χ0n) is 17.8. The van der Waals surface area contributed by atoms with Crippen LogP contribution in [0.5, 0.6) is 5.75 Å². The van der Waals surface area contributed by atoms with Crippen LogP contribution < -0.4 is 10.1 Å². The van der Waals surface area contributed by atoms with Crippen molar-refractivity contribution in [2.75, 3.05) is 13.1 Å². The van der Waals surface area contributed by atoms with Gasteiger partial charge in [-0.2, -0.15) is 0 Å². The van der Waals surface area contributed by atoms with E-state index in [1.165, 1.54) is 17.5 Å².